The van der Waals surface area contributed by atoms with Gasteiger partial charge in [0.1, 0.15) is 10.7 Å². The van der Waals surface area contributed by atoms with E-state index in [1.54, 1.807) is 12.4 Å². The number of hydrogen-bond acceptors (Lipinski definition) is 3. The van der Waals surface area contributed by atoms with Crippen LogP contribution in [0, 0.1) is 0 Å². The van der Waals surface area contributed by atoms with Gasteiger partial charge in [-0.3, -0.25) is 0 Å². The van der Waals surface area contributed by atoms with Gasteiger partial charge in [-0.2, -0.15) is 4.31 Å². The molecule has 0 fully saturated rings. The van der Waals surface area contributed by atoms with Crippen molar-refractivity contribution < 1.29 is 8.42 Å². The van der Waals surface area contributed by atoms with Crippen molar-refractivity contribution in [3.05, 3.63) is 46.5 Å². The van der Waals surface area contributed by atoms with Crippen LogP contribution >= 0.6 is 23.2 Å². The summed E-state index contributed by atoms with van der Waals surface area (Å²) in [5.41, 5.74) is 0. The molecule has 0 radical (unpaired) electrons. The monoisotopic (exact) mass is 319 g/mol. The van der Waals surface area contributed by atoms with E-state index in [9.17, 15) is 8.42 Å². The maximum atomic E-state index is 12.4. The van der Waals surface area contributed by atoms with E-state index >= 15 is 0 Å². The SMILES string of the molecule is CN(Cc1ncc[nH]1)S(=O)(=O)c1cc(Cl)ccc1Cl. The van der Waals surface area contributed by atoms with Crippen molar-refractivity contribution in [1.82, 2.24) is 14.3 Å². The molecule has 8 heteroatoms. The first kappa shape index (κ1) is 14.3. The van der Waals surface area contributed by atoms with Crippen molar-refractivity contribution in [2.45, 2.75) is 11.4 Å². The van der Waals surface area contributed by atoms with E-state index < -0.39 is 10.0 Å². The average Bonchev–Trinajstić information content (AvgIpc) is 2.85. The number of imidazole rings is 1. The molecule has 1 aromatic carbocycles. The summed E-state index contributed by atoms with van der Waals surface area (Å²) < 4.78 is 25.9. The first-order chi connectivity index (χ1) is 8.91. The number of sulfonamides is 1. The lowest BCUT2D eigenvalue weighted by Gasteiger charge is -2.17. The lowest BCUT2D eigenvalue weighted by atomic mass is 10.4. The zero-order valence-electron chi connectivity index (χ0n) is 9.97. The summed E-state index contributed by atoms with van der Waals surface area (Å²) in [6, 6.07) is 4.32. The molecule has 1 heterocycles. The minimum atomic E-state index is -3.71. The number of halogens is 2. The Balaban J connectivity index is 2.33. The van der Waals surface area contributed by atoms with Crippen LogP contribution in [0.4, 0.5) is 0 Å². The highest BCUT2D eigenvalue weighted by atomic mass is 35.5. The van der Waals surface area contributed by atoms with Gasteiger partial charge < -0.3 is 4.98 Å². The highest BCUT2D eigenvalue weighted by Gasteiger charge is 2.24. The third kappa shape index (κ3) is 3.09. The Bertz CT molecular complexity index is 671. The largest absolute Gasteiger partial charge is 0.347 e. The summed E-state index contributed by atoms with van der Waals surface area (Å²) in [5.74, 6) is 0.546. The summed E-state index contributed by atoms with van der Waals surface area (Å²) in [4.78, 5) is 6.81. The first-order valence-electron chi connectivity index (χ1n) is 5.31. The number of H-pyrrole nitrogens is 1. The van der Waals surface area contributed by atoms with Gasteiger partial charge in [0.15, 0.2) is 0 Å². The number of benzene rings is 1. The molecular formula is C11H11Cl2N3O2S. The van der Waals surface area contributed by atoms with Gasteiger partial charge in [0, 0.05) is 24.5 Å². The third-order valence-corrected chi connectivity index (χ3v) is 5.03. The zero-order valence-corrected chi connectivity index (χ0v) is 12.3. The second kappa shape index (κ2) is 5.50. The molecule has 0 saturated carbocycles. The molecule has 0 bridgehead atoms. The molecule has 1 N–H and O–H groups in total. The van der Waals surface area contributed by atoms with Crippen molar-refractivity contribution >= 4 is 33.2 Å². The van der Waals surface area contributed by atoms with Crippen molar-refractivity contribution in [2.75, 3.05) is 7.05 Å². The molecule has 0 aliphatic carbocycles. The van der Waals surface area contributed by atoms with Crippen LogP contribution < -0.4 is 0 Å². The number of rotatable bonds is 4. The van der Waals surface area contributed by atoms with E-state index in [4.69, 9.17) is 23.2 Å². The van der Waals surface area contributed by atoms with E-state index in [0.29, 0.717) is 10.8 Å². The normalized spacial score (nSPS) is 12.0. The van der Waals surface area contributed by atoms with E-state index in [1.807, 2.05) is 0 Å². The van der Waals surface area contributed by atoms with Gasteiger partial charge in [0.05, 0.1) is 11.6 Å². The molecule has 1 aromatic heterocycles. The predicted octanol–water partition coefficient (Wildman–Crippen LogP) is 2.54. The van der Waals surface area contributed by atoms with E-state index in [2.05, 4.69) is 9.97 Å². The summed E-state index contributed by atoms with van der Waals surface area (Å²) in [7, 11) is -2.26. The Kier molecular flexibility index (Phi) is 4.15. The highest BCUT2D eigenvalue weighted by molar-refractivity contribution is 7.89. The van der Waals surface area contributed by atoms with Crippen molar-refractivity contribution in [1.29, 1.82) is 0 Å². The first-order valence-corrected chi connectivity index (χ1v) is 7.50. The maximum absolute atomic E-state index is 12.4. The molecule has 0 unspecified atom stereocenters. The summed E-state index contributed by atoms with van der Waals surface area (Å²) in [6.07, 6.45) is 3.18. The van der Waals surface area contributed by atoms with Gasteiger partial charge >= 0.3 is 0 Å². The lowest BCUT2D eigenvalue weighted by molar-refractivity contribution is 0.458. The van der Waals surface area contributed by atoms with Crippen LogP contribution in [0.5, 0.6) is 0 Å². The highest BCUT2D eigenvalue weighted by Crippen LogP contribution is 2.27. The van der Waals surface area contributed by atoms with Crippen LogP contribution in [0.2, 0.25) is 10.0 Å². The minimum Gasteiger partial charge on any atom is -0.347 e. The van der Waals surface area contributed by atoms with Crippen LogP contribution in [0.25, 0.3) is 0 Å². The quantitative estimate of drug-likeness (QED) is 0.941. The average molecular weight is 320 g/mol. The van der Waals surface area contributed by atoms with E-state index in [-0.39, 0.29) is 16.5 Å². The Labute approximate surface area is 121 Å². The summed E-state index contributed by atoms with van der Waals surface area (Å²) in [6.45, 7) is 0.123. The Morgan fingerprint density at radius 2 is 2.11 bits per heavy atom. The molecule has 0 atom stereocenters. The molecule has 102 valence electrons. The topological polar surface area (TPSA) is 66.1 Å². The Morgan fingerprint density at radius 3 is 2.74 bits per heavy atom. The van der Waals surface area contributed by atoms with Crippen molar-refractivity contribution in [2.24, 2.45) is 0 Å². The lowest BCUT2D eigenvalue weighted by Crippen LogP contribution is -2.27. The van der Waals surface area contributed by atoms with Crippen LogP contribution in [-0.2, 0) is 16.6 Å². The van der Waals surface area contributed by atoms with Crippen molar-refractivity contribution in [3.63, 3.8) is 0 Å². The number of aromatic nitrogens is 2. The predicted molar refractivity (Wildman–Crippen MR) is 73.7 cm³/mol. The van der Waals surface area contributed by atoms with Crippen LogP contribution in [0.1, 0.15) is 5.82 Å². The minimum absolute atomic E-state index is 0.0178. The van der Waals surface area contributed by atoms with E-state index in [0.717, 1.165) is 4.31 Å². The van der Waals surface area contributed by atoms with Gasteiger partial charge in [0.25, 0.3) is 0 Å². The van der Waals surface area contributed by atoms with Crippen LogP contribution in [0.15, 0.2) is 35.5 Å². The van der Waals surface area contributed by atoms with Gasteiger partial charge in [-0.25, -0.2) is 13.4 Å². The molecule has 2 aromatic rings. The number of nitrogens with zero attached hydrogens (tertiary/aromatic N) is 2. The standard InChI is InChI=1S/C11H11Cl2N3O2S/c1-16(7-11-14-4-5-15-11)19(17,18)10-6-8(12)2-3-9(10)13/h2-6H,7H2,1H3,(H,14,15). The molecule has 0 spiro atoms. The fourth-order valence-corrected chi connectivity index (χ4v) is 3.39. The van der Waals surface area contributed by atoms with Crippen LogP contribution in [-0.4, -0.2) is 29.7 Å². The van der Waals surface area contributed by atoms with Gasteiger partial charge in [-0.15, -0.1) is 0 Å². The molecule has 0 saturated heterocycles. The molecule has 0 aliphatic rings. The Morgan fingerprint density at radius 1 is 1.37 bits per heavy atom. The number of aromatic amines is 1. The smallest absolute Gasteiger partial charge is 0.244 e. The summed E-state index contributed by atoms with van der Waals surface area (Å²) >= 11 is 11.7. The van der Waals surface area contributed by atoms with E-state index in [1.165, 1.54) is 25.2 Å². The maximum Gasteiger partial charge on any atom is 0.244 e. The zero-order chi connectivity index (χ0) is 14.0. The number of nitrogens with one attached hydrogen (secondary N) is 1. The molecule has 0 aliphatic heterocycles. The van der Waals surface area contributed by atoms with Crippen molar-refractivity contribution in [3.8, 4) is 0 Å². The molecule has 19 heavy (non-hydrogen) atoms. The summed E-state index contributed by atoms with van der Waals surface area (Å²) in [5, 5.41) is 0.449. The van der Waals surface area contributed by atoms with Gasteiger partial charge in [0.2, 0.25) is 10.0 Å². The van der Waals surface area contributed by atoms with Gasteiger partial charge in [-0.05, 0) is 18.2 Å². The fourth-order valence-electron chi connectivity index (χ4n) is 1.52. The van der Waals surface area contributed by atoms with Gasteiger partial charge in [-0.1, -0.05) is 23.2 Å². The molecular weight excluding hydrogens is 309 g/mol. The third-order valence-electron chi connectivity index (χ3n) is 2.51. The molecule has 5 nitrogen and oxygen atoms in total. The second-order valence-corrected chi connectivity index (χ2v) is 6.73. The number of hydrogen-bond donors (Lipinski definition) is 1. The Hall–Kier alpha value is -1.08. The van der Waals surface area contributed by atoms with Crippen LogP contribution in [0.3, 0.4) is 0 Å². The fraction of sp³-hybridized carbons (Fsp3) is 0.182. The molecule has 0 amide bonds. The second-order valence-electron chi connectivity index (χ2n) is 3.87. The molecule has 2 rings (SSSR count).